The van der Waals surface area contributed by atoms with Gasteiger partial charge in [-0.1, -0.05) is 18.2 Å². The molecule has 2 N–H and O–H groups in total. The molecule has 0 heterocycles. The van der Waals surface area contributed by atoms with E-state index in [1.807, 2.05) is 6.07 Å². The van der Waals surface area contributed by atoms with Gasteiger partial charge in [-0.3, -0.25) is 0 Å². The first-order chi connectivity index (χ1) is 8.13. The number of aliphatic hydroxyl groups is 1. The molecule has 0 saturated heterocycles. The molecule has 0 aromatic heterocycles. The highest BCUT2D eigenvalue weighted by Gasteiger charge is 2.53. The second kappa shape index (κ2) is 3.57. The highest BCUT2D eigenvalue weighted by molar-refractivity contribution is 5.75. The number of hydrogen-bond acceptors (Lipinski definition) is 2. The molecule has 0 bridgehead atoms. The molecule has 3 nitrogen and oxygen atoms in total. The molecule has 3 heteroatoms. The molecule has 0 radical (unpaired) electrons. The molecule has 2 aliphatic carbocycles. The molecule has 3 rings (SSSR count). The minimum atomic E-state index is -1.26. The summed E-state index contributed by atoms with van der Waals surface area (Å²) in [6, 6.07) is 6.22. The number of carboxylic acids is 1. The second-order valence-electron chi connectivity index (χ2n) is 5.23. The van der Waals surface area contributed by atoms with E-state index in [9.17, 15) is 9.90 Å². The Morgan fingerprint density at radius 3 is 2.59 bits per heavy atom. The van der Waals surface area contributed by atoms with Crippen LogP contribution in [0.15, 0.2) is 18.2 Å². The largest absolute Gasteiger partial charge is 0.479 e. The van der Waals surface area contributed by atoms with Crippen molar-refractivity contribution in [1.82, 2.24) is 0 Å². The summed E-state index contributed by atoms with van der Waals surface area (Å²) < 4.78 is 0. The Kier molecular flexibility index (Phi) is 2.26. The van der Waals surface area contributed by atoms with Crippen LogP contribution in [0.2, 0.25) is 0 Å². The lowest BCUT2D eigenvalue weighted by Gasteiger charge is -2.20. The maximum Gasteiger partial charge on any atom is 0.333 e. The molecule has 1 unspecified atom stereocenters. The van der Waals surface area contributed by atoms with Crippen LogP contribution < -0.4 is 0 Å². The maximum atomic E-state index is 10.9. The first-order valence-corrected chi connectivity index (χ1v) is 6.17. The molecule has 0 spiro atoms. The van der Waals surface area contributed by atoms with Crippen molar-refractivity contribution in [2.75, 3.05) is 0 Å². The van der Waals surface area contributed by atoms with Gasteiger partial charge in [0, 0.05) is 5.41 Å². The molecule has 1 fully saturated rings. The van der Waals surface area contributed by atoms with Crippen molar-refractivity contribution < 1.29 is 15.0 Å². The fraction of sp³-hybridized carbons (Fsp3) is 0.500. The summed E-state index contributed by atoms with van der Waals surface area (Å²) in [5.74, 6) is -1.11. The number of rotatable bonds is 3. The lowest BCUT2D eigenvalue weighted by molar-refractivity contribution is -0.148. The lowest BCUT2D eigenvalue weighted by atomic mass is 9.88. The quantitative estimate of drug-likeness (QED) is 0.833. The van der Waals surface area contributed by atoms with Crippen LogP contribution in [0, 0.1) is 0 Å². The van der Waals surface area contributed by atoms with Crippen LogP contribution in [0.3, 0.4) is 0 Å². The van der Waals surface area contributed by atoms with E-state index in [1.54, 1.807) is 0 Å². The fourth-order valence-electron chi connectivity index (χ4n) is 2.97. The Morgan fingerprint density at radius 2 is 1.94 bits per heavy atom. The third-order valence-corrected chi connectivity index (χ3v) is 4.22. The molecule has 1 saturated carbocycles. The predicted molar refractivity (Wildman–Crippen MR) is 63.0 cm³/mol. The van der Waals surface area contributed by atoms with Crippen LogP contribution in [0.25, 0.3) is 0 Å². The van der Waals surface area contributed by atoms with E-state index in [4.69, 9.17) is 5.11 Å². The normalized spacial score (nSPS) is 21.9. The summed E-state index contributed by atoms with van der Waals surface area (Å²) in [5, 5.41) is 18.8. The highest BCUT2D eigenvalue weighted by atomic mass is 16.4. The van der Waals surface area contributed by atoms with Gasteiger partial charge in [0.2, 0.25) is 0 Å². The summed E-state index contributed by atoms with van der Waals surface area (Å²) in [6.45, 7) is 0. The van der Waals surface area contributed by atoms with Gasteiger partial charge in [0.1, 0.15) is 0 Å². The van der Waals surface area contributed by atoms with Crippen LogP contribution >= 0.6 is 0 Å². The molecule has 2 aliphatic rings. The molecule has 17 heavy (non-hydrogen) atoms. The summed E-state index contributed by atoms with van der Waals surface area (Å²) in [4.78, 5) is 10.9. The van der Waals surface area contributed by atoms with E-state index in [2.05, 4.69) is 12.1 Å². The van der Waals surface area contributed by atoms with Gasteiger partial charge in [0.05, 0.1) is 0 Å². The maximum absolute atomic E-state index is 10.9. The van der Waals surface area contributed by atoms with Crippen LogP contribution in [0.1, 0.15) is 36.0 Å². The van der Waals surface area contributed by atoms with Crippen molar-refractivity contribution in [2.45, 2.75) is 43.6 Å². The van der Waals surface area contributed by atoms with Gasteiger partial charge in [-0.15, -0.1) is 0 Å². The van der Waals surface area contributed by atoms with E-state index in [1.165, 1.54) is 17.5 Å². The Morgan fingerprint density at radius 1 is 1.24 bits per heavy atom. The summed E-state index contributed by atoms with van der Waals surface area (Å²) >= 11 is 0. The molecule has 1 aromatic rings. The van der Waals surface area contributed by atoms with Crippen LogP contribution in [-0.4, -0.2) is 22.3 Å². The van der Waals surface area contributed by atoms with Gasteiger partial charge in [-0.25, -0.2) is 4.79 Å². The summed E-state index contributed by atoms with van der Waals surface area (Å²) in [7, 11) is 0. The van der Waals surface area contributed by atoms with Crippen molar-refractivity contribution in [3.63, 3.8) is 0 Å². The zero-order valence-electron chi connectivity index (χ0n) is 9.65. The number of aliphatic hydroxyl groups excluding tert-OH is 1. The van der Waals surface area contributed by atoms with E-state index in [0.717, 1.165) is 31.2 Å². The van der Waals surface area contributed by atoms with E-state index in [-0.39, 0.29) is 0 Å². The molecule has 0 amide bonds. The number of carboxylic acid groups (broad SMARTS) is 1. The Hall–Kier alpha value is -1.35. The first kappa shape index (κ1) is 10.8. The molecule has 1 atom stereocenters. The van der Waals surface area contributed by atoms with Gasteiger partial charge in [-0.2, -0.15) is 0 Å². The molecule has 90 valence electrons. The monoisotopic (exact) mass is 232 g/mol. The van der Waals surface area contributed by atoms with Gasteiger partial charge in [0.15, 0.2) is 6.10 Å². The Balaban J connectivity index is 1.97. The predicted octanol–water partition coefficient (Wildman–Crippen LogP) is 1.65. The number of aliphatic carboxylic acids is 1. The van der Waals surface area contributed by atoms with Gasteiger partial charge >= 0.3 is 5.97 Å². The molecular formula is C14H16O3. The van der Waals surface area contributed by atoms with E-state index in [0.29, 0.717) is 0 Å². The SMILES string of the molecule is O=C(O)C(O)C1(c2ccc3c(c2)CCC3)CC1. The topological polar surface area (TPSA) is 57.5 Å². The average Bonchev–Trinajstić information content (AvgIpc) is 2.99. The number of hydrogen-bond donors (Lipinski definition) is 2. The summed E-state index contributed by atoms with van der Waals surface area (Å²) in [5.41, 5.74) is 3.22. The zero-order chi connectivity index (χ0) is 12.0. The number of carbonyl (C=O) groups is 1. The van der Waals surface area contributed by atoms with Gasteiger partial charge in [-0.05, 0) is 48.8 Å². The van der Waals surface area contributed by atoms with Crippen molar-refractivity contribution >= 4 is 5.97 Å². The molecular weight excluding hydrogens is 216 g/mol. The number of fused-ring (bicyclic) bond motifs is 1. The van der Waals surface area contributed by atoms with Crippen LogP contribution in [-0.2, 0) is 23.1 Å². The minimum Gasteiger partial charge on any atom is -0.479 e. The van der Waals surface area contributed by atoms with Crippen LogP contribution in [0.4, 0.5) is 0 Å². The van der Waals surface area contributed by atoms with Crippen molar-refractivity contribution in [3.8, 4) is 0 Å². The van der Waals surface area contributed by atoms with Crippen molar-refractivity contribution in [1.29, 1.82) is 0 Å². The van der Waals surface area contributed by atoms with E-state index >= 15 is 0 Å². The Labute approximate surface area is 100 Å². The second-order valence-corrected chi connectivity index (χ2v) is 5.23. The van der Waals surface area contributed by atoms with Gasteiger partial charge < -0.3 is 10.2 Å². The highest BCUT2D eigenvalue weighted by Crippen LogP contribution is 2.51. The van der Waals surface area contributed by atoms with Crippen molar-refractivity contribution in [2.24, 2.45) is 0 Å². The van der Waals surface area contributed by atoms with Crippen molar-refractivity contribution in [3.05, 3.63) is 34.9 Å². The molecule has 1 aromatic carbocycles. The number of aryl methyl sites for hydroxylation is 2. The number of benzene rings is 1. The summed E-state index contributed by atoms with van der Waals surface area (Å²) in [6.07, 6.45) is 3.69. The van der Waals surface area contributed by atoms with E-state index < -0.39 is 17.5 Å². The zero-order valence-corrected chi connectivity index (χ0v) is 9.65. The smallest absolute Gasteiger partial charge is 0.333 e. The molecule has 0 aliphatic heterocycles. The standard InChI is InChI=1S/C14H16O3/c15-12(13(16)17)14(6-7-14)11-5-4-9-2-1-3-10(9)8-11/h4-5,8,12,15H,1-3,6-7H2,(H,16,17). The minimum absolute atomic E-state index is 0.510. The first-order valence-electron chi connectivity index (χ1n) is 6.17. The van der Waals surface area contributed by atoms with Crippen LogP contribution in [0.5, 0.6) is 0 Å². The third-order valence-electron chi connectivity index (χ3n) is 4.22. The van der Waals surface area contributed by atoms with Gasteiger partial charge in [0.25, 0.3) is 0 Å². The fourth-order valence-corrected chi connectivity index (χ4v) is 2.97. The lowest BCUT2D eigenvalue weighted by Crippen LogP contribution is -2.33. The third kappa shape index (κ3) is 1.57. The Bertz CT molecular complexity index is 474. The average molecular weight is 232 g/mol.